The Balaban J connectivity index is 2.22. The Morgan fingerprint density at radius 2 is 2.05 bits per heavy atom. The number of amides is 1. The molecule has 1 aromatic carbocycles. The van der Waals surface area contributed by atoms with E-state index in [9.17, 15) is 9.59 Å². The van der Waals surface area contributed by atoms with Gasteiger partial charge in [0.05, 0.1) is 16.0 Å². The van der Waals surface area contributed by atoms with Gasteiger partial charge in [-0.2, -0.15) is 0 Å². The predicted molar refractivity (Wildman–Crippen MR) is 81.0 cm³/mol. The van der Waals surface area contributed by atoms with Crippen molar-refractivity contribution in [2.45, 2.75) is 19.8 Å². The van der Waals surface area contributed by atoms with Crippen LogP contribution < -0.4 is 10.1 Å². The zero-order chi connectivity index (χ0) is 15.8. The second-order valence-electron chi connectivity index (χ2n) is 4.60. The third kappa shape index (κ3) is 6.69. The van der Waals surface area contributed by atoms with Crippen LogP contribution in [0.4, 0.5) is 0 Å². The molecule has 1 rings (SSSR count). The van der Waals surface area contributed by atoms with Gasteiger partial charge in [0, 0.05) is 12.6 Å². The number of aliphatic carboxylic acids is 1. The summed E-state index contributed by atoms with van der Waals surface area (Å²) in [4.78, 5) is 22.1. The van der Waals surface area contributed by atoms with Gasteiger partial charge in [-0.15, -0.1) is 0 Å². The van der Waals surface area contributed by atoms with Crippen molar-refractivity contribution >= 4 is 35.1 Å². The van der Waals surface area contributed by atoms with E-state index in [1.54, 1.807) is 19.1 Å². The molecule has 1 unspecified atom stereocenters. The Hall–Kier alpha value is -1.46. The van der Waals surface area contributed by atoms with Gasteiger partial charge in [-0.25, -0.2) is 0 Å². The van der Waals surface area contributed by atoms with Crippen molar-refractivity contribution in [1.29, 1.82) is 0 Å². The fourth-order valence-corrected chi connectivity index (χ4v) is 1.81. The van der Waals surface area contributed by atoms with Gasteiger partial charge in [0.15, 0.2) is 6.61 Å². The van der Waals surface area contributed by atoms with E-state index in [0.29, 0.717) is 35.2 Å². The molecule has 0 saturated carbocycles. The maximum Gasteiger partial charge on any atom is 0.306 e. The molecule has 1 atom stereocenters. The fourth-order valence-electron chi connectivity index (χ4n) is 1.53. The molecule has 116 valence electrons. The number of hydrogen-bond donors (Lipinski definition) is 2. The minimum absolute atomic E-state index is 0.132. The molecule has 5 nitrogen and oxygen atoms in total. The smallest absolute Gasteiger partial charge is 0.306 e. The van der Waals surface area contributed by atoms with Crippen molar-refractivity contribution in [3.8, 4) is 5.75 Å². The topological polar surface area (TPSA) is 75.6 Å². The first kappa shape index (κ1) is 17.6. The molecule has 0 bridgehead atoms. The first-order valence-electron chi connectivity index (χ1n) is 6.47. The van der Waals surface area contributed by atoms with Gasteiger partial charge < -0.3 is 15.2 Å². The average Bonchev–Trinajstić information content (AvgIpc) is 2.44. The van der Waals surface area contributed by atoms with E-state index in [4.69, 9.17) is 33.0 Å². The molecular formula is C14H17Cl2NO4. The highest BCUT2D eigenvalue weighted by molar-refractivity contribution is 6.42. The Bertz CT molecular complexity index is 508. The van der Waals surface area contributed by atoms with E-state index in [0.717, 1.165) is 0 Å². The number of halogens is 2. The van der Waals surface area contributed by atoms with Crippen LogP contribution in [-0.4, -0.2) is 30.1 Å². The van der Waals surface area contributed by atoms with Crippen LogP contribution in [-0.2, 0) is 9.59 Å². The lowest BCUT2D eigenvalue weighted by atomic mass is 10.1. The molecule has 7 heteroatoms. The maximum absolute atomic E-state index is 11.5. The highest BCUT2D eigenvalue weighted by Gasteiger charge is 2.10. The summed E-state index contributed by atoms with van der Waals surface area (Å²) in [6, 6.07) is 4.74. The van der Waals surface area contributed by atoms with Gasteiger partial charge in [-0.3, -0.25) is 9.59 Å². The number of rotatable bonds is 8. The SMILES string of the molecule is CC(CCCNC(=O)COc1ccc(Cl)c(Cl)c1)C(=O)O. The van der Waals surface area contributed by atoms with Gasteiger partial charge in [-0.1, -0.05) is 30.1 Å². The van der Waals surface area contributed by atoms with Crippen LogP contribution in [0.25, 0.3) is 0 Å². The molecule has 0 saturated heterocycles. The molecule has 1 amide bonds. The third-order valence-corrected chi connectivity index (χ3v) is 3.56. The van der Waals surface area contributed by atoms with E-state index in [2.05, 4.69) is 5.32 Å². The van der Waals surface area contributed by atoms with Crippen molar-refractivity contribution in [2.75, 3.05) is 13.2 Å². The lowest BCUT2D eigenvalue weighted by Crippen LogP contribution is -2.30. The quantitative estimate of drug-likeness (QED) is 0.717. The number of carbonyl (C=O) groups is 2. The summed E-state index contributed by atoms with van der Waals surface area (Å²) < 4.78 is 5.27. The van der Waals surface area contributed by atoms with E-state index >= 15 is 0 Å². The summed E-state index contributed by atoms with van der Waals surface area (Å²) in [6.07, 6.45) is 1.12. The van der Waals surface area contributed by atoms with Crippen LogP contribution in [0, 0.1) is 5.92 Å². The number of ether oxygens (including phenoxy) is 1. The van der Waals surface area contributed by atoms with Crippen LogP contribution >= 0.6 is 23.2 Å². The number of carbonyl (C=O) groups excluding carboxylic acids is 1. The molecule has 1 aromatic rings. The van der Waals surface area contributed by atoms with Crippen molar-refractivity contribution in [3.63, 3.8) is 0 Å². The highest BCUT2D eigenvalue weighted by atomic mass is 35.5. The monoisotopic (exact) mass is 333 g/mol. The highest BCUT2D eigenvalue weighted by Crippen LogP contribution is 2.26. The zero-order valence-electron chi connectivity index (χ0n) is 11.6. The summed E-state index contributed by atoms with van der Waals surface area (Å²) in [7, 11) is 0. The van der Waals surface area contributed by atoms with Crippen molar-refractivity contribution < 1.29 is 19.4 Å². The second kappa shape index (κ2) is 8.74. The third-order valence-electron chi connectivity index (χ3n) is 2.82. The summed E-state index contributed by atoms with van der Waals surface area (Å²) in [6.45, 7) is 1.92. The number of benzene rings is 1. The first-order valence-corrected chi connectivity index (χ1v) is 7.23. The summed E-state index contributed by atoms with van der Waals surface area (Å²) in [5, 5.41) is 12.1. The number of carboxylic acid groups (broad SMARTS) is 1. The van der Waals surface area contributed by atoms with Gasteiger partial charge in [0.25, 0.3) is 5.91 Å². The lowest BCUT2D eigenvalue weighted by molar-refractivity contribution is -0.141. The normalized spacial score (nSPS) is 11.8. The van der Waals surface area contributed by atoms with Crippen LogP contribution in [0.3, 0.4) is 0 Å². The van der Waals surface area contributed by atoms with E-state index < -0.39 is 11.9 Å². The Kier molecular flexibility index (Phi) is 7.32. The average molecular weight is 334 g/mol. The van der Waals surface area contributed by atoms with Crippen molar-refractivity contribution in [3.05, 3.63) is 28.2 Å². The Morgan fingerprint density at radius 3 is 2.67 bits per heavy atom. The Labute approximate surface area is 133 Å². The van der Waals surface area contributed by atoms with E-state index in [1.807, 2.05) is 0 Å². The molecular weight excluding hydrogens is 317 g/mol. The van der Waals surface area contributed by atoms with E-state index in [1.165, 1.54) is 6.07 Å². The summed E-state index contributed by atoms with van der Waals surface area (Å²) >= 11 is 11.6. The zero-order valence-corrected chi connectivity index (χ0v) is 13.1. The summed E-state index contributed by atoms with van der Waals surface area (Å²) in [5.41, 5.74) is 0. The molecule has 21 heavy (non-hydrogen) atoms. The maximum atomic E-state index is 11.5. The largest absolute Gasteiger partial charge is 0.484 e. The molecule has 2 N–H and O–H groups in total. The Morgan fingerprint density at radius 1 is 1.33 bits per heavy atom. The van der Waals surface area contributed by atoms with Gasteiger partial charge in [0.1, 0.15) is 5.75 Å². The molecule has 0 aromatic heterocycles. The standard InChI is InChI=1S/C14H17Cl2NO4/c1-9(14(19)20)3-2-6-17-13(18)8-21-10-4-5-11(15)12(16)7-10/h4-5,7,9H,2-3,6,8H2,1H3,(H,17,18)(H,19,20). The minimum Gasteiger partial charge on any atom is -0.484 e. The molecule has 0 aliphatic rings. The van der Waals surface area contributed by atoms with Crippen molar-refractivity contribution in [2.24, 2.45) is 5.92 Å². The van der Waals surface area contributed by atoms with Crippen LogP contribution in [0.15, 0.2) is 18.2 Å². The molecule has 0 aliphatic heterocycles. The van der Waals surface area contributed by atoms with Crippen LogP contribution in [0.2, 0.25) is 10.0 Å². The van der Waals surface area contributed by atoms with E-state index in [-0.39, 0.29) is 12.5 Å². The molecule has 0 radical (unpaired) electrons. The minimum atomic E-state index is -0.829. The van der Waals surface area contributed by atoms with Crippen molar-refractivity contribution in [1.82, 2.24) is 5.32 Å². The van der Waals surface area contributed by atoms with Gasteiger partial charge >= 0.3 is 5.97 Å². The molecule has 0 heterocycles. The van der Waals surface area contributed by atoms with Crippen LogP contribution in [0.5, 0.6) is 5.75 Å². The predicted octanol–water partition coefficient (Wildman–Crippen LogP) is 2.99. The number of hydrogen-bond acceptors (Lipinski definition) is 3. The van der Waals surface area contributed by atoms with Gasteiger partial charge in [0.2, 0.25) is 0 Å². The lowest BCUT2D eigenvalue weighted by Gasteiger charge is -2.09. The first-order chi connectivity index (χ1) is 9.90. The summed E-state index contributed by atoms with van der Waals surface area (Å²) in [5.74, 6) is -1.05. The number of carboxylic acids is 1. The molecule has 0 aliphatic carbocycles. The molecule has 0 fully saturated rings. The fraction of sp³-hybridized carbons (Fsp3) is 0.429. The van der Waals surface area contributed by atoms with Crippen LogP contribution in [0.1, 0.15) is 19.8 Å². The second-order valence-corrected chi connectivity index (χ2v) is 5.41. The molecule has 0 spiro atoms. The van der Waals surface area contributed by atoms with Gasteiger partial charge in [-0.05, 0) is 25.0 Å². The number of nitrogens with one attached hydrogen (secondary N) is 1.